The standard InChI is InChI=1S/C46H26N2S/c1-3-12-27(13-4-1)45-41-34-19-11-18-33-35-24-29(22-23-40(35)48(42(33)34)44(41)46(49-45)28-14-5-2-6-15-28)30-25-36-31-16-7-9-20-38(31)47-39-21-10-8-17-32(39)37(26-30)43(36)47/h1-26H. The van der Waals surface area contributed by atoms with Crippen molar-refractivity contribution in [3.8, 4) is 32.0 Å². The van der Waals surface area contributed by atoms with Gasteiger partial charge in [0.2, 0.25) is 0 Å². The summed E-state index contributed by atoms with van der Waals surface area (Å²) in [7, 11) is 0. The summed E-state index contributed by atoms with van der Waals surface area (Å²) >= 11 is 1.91. The summed E-state index contributed by atoms with van der Waals surface area (Å²) in [6.07, 6.45) is 0. The fourth-order valence-electron chi connectivity index (χ4n) is 8.76. The van der Waals surface area contributed by atoms with Crippen molar-refractivity contribution in [3.63, 3.8) is 0 Å². The van der Waals surface area contributed by atoms with E-state index in [1.165, 1.54) is 108 Å². The van der Waals surface area contributed by atoms with E-state index < -0.39 is 0 Å². The molecule has 0 fully saturated rings. The lowest BCUT2D eigenvalue weighted by Crippen LogP contribution is -1.83. The lowest BCUT2D eigenvalue weighted by molar-refractivity contribution is 1.37. The van der Waals surface area contributed by atoms with Crippen LogP contribution in [-0.4, -0.2) is 8.80 Å². The molecule has 5 aromatic heterocycles. The van der Waals surface area contributed by atoms with Crippen LogP contribution in [0.2, 0.25) is 0 Å². The second kappa shape index (κ2) is 9.25. The number of nitrogens with zero attached hydrogens (tertiary/aromatic N) is 2. The lowest BCUT2D eigenvalue weighted by Gasteiger charge is -2.06. The normalized spacial score (nSPS) is 12.5. The van der Waals surface area contributed by atoms with Gasteiger partial charge in [0, 0.05) is 48.0 Å². The maximum Gasteiger partial charge on any atom is 0.0734 e. The summed E-state index contributed by atoms with van der Waals surface area (Å²) in [5.74, 6) is 0. The van der Waals surface area contributed by atoms with E-state index in [1.807, 2.05) is 11.3 Å². The van der Waals surface area contributed by atoms with E-state index in [9.17, 15) is 0 Å². The number of hydrogen-bond donors (Lipinski definition) is 0. The third kappa shape index (κ3) is 3.25. The summed E-state index contributed by atoms with van der Waals surface area (Å²) in [6, 6.07) is 58.3. The first-order valence-electron chi connectivity index (χ1n) is 16.9. The molecule has 12 aromatic rings. The Balaban J connectivity index is 1.18. The van der Waals surface area contributed by atoms with Crippen molar-refractivity contribution < 1.29 is 0 Å². The van der Waals surface area contributed by atoms with E-state index in [0.717, 1.165) is 0 Å². The second-order valence-corrected chi connectivity index (χ2v) is 14.3. The number of fused-ring (bicyclic) bond motifs is 12. The molecule has 7 aromatic carbocycles. The van der Waals surface area contributed by atoms with Gasteiger partial charge in [-0.2, -0.15) is 0 Å². The fourth-order valence-corrected chi connectivity index (χ4v) is 10.1. The zero-order valence-electron chi connectivity index (χ0n) is 26.3. The maximum atomic E-state index is 2.55. The first-order valence-corrected chi connectivity index (χ1v) is 17.7. The maximum absolute atomic E-state index is 2.55. The highest BCUT2D eigenvalue weighted by Crippen LogP contribution is 2.51. The molecule has 0 atom stereocenters. The van der Waals surface area contributed by atoms with E-state index in [1.54, 1.807) is 0 Å². The van der Waals surface area contributed by atoms with Crippen LogP contribution in [0, 0.1) is 0 Å². The molecule has 0 amide bonds. The molecule has 0 bridgehead atoms. The van der Waals surface area contributed by atoms with Crippen molar-refractivity contribution >= 4 is 87.5 Å². The van der Waals surface area contributed by atoms with Crippen molar-refractivity contribution in [3.05, 3.63) is 158 Å². The second-order valence-electron chi connectivity index (χ2n) is 13.3. The van der Waals surface area contributed by atoms with Gasteiger partial charge in [0.05, 0.1) is 38.0 Å². The highest BCUT2D eigenvalue weighted by Gasteiger charge is 2.26. The molecule has 5 heterocycles. The van der Waals surface area contributed by atoms with Gasteiger partial charge in [0.15, 0.2) is 0 Å². The summed E-state index contributed by atoms with van der Waals surface area (Å²) in [5, 5.41) is 10.5. The van der Waals surface area contributed by atoms with Crippen LogP contribution in [0.15, 0.2) is 158 Å². The minimum absolute atomic E-state index is 1.25. The topological polar surface area (TPSA) is 8.82 Å². The lowest BCUT2D eigenvalue weighted by atomic mass is 9.97. The van der Waals surface area contributed by atoms with Crippen LogP contribution in [0.1, 0.15) is 0 Å². The van der Waals surface area contributed by atoms with E-state index >= 15 is 0 Å². The zero-order valence-corrected chi connectivity index (χ0v) is 27.1. The molecule has 226 valence electrons. The van der Waals surface area contributed by atoms with E-state index in [4.69, 9.17) is 0 Å². The molecule has 49 heavy (non-hydrogen) atoms. The quantitative estimate of drug-likeness (QED) is 0.182. The third-order valence-corrected chi connectivity index (χ3v) is 12.0. The Morgan fingerprint density at radius 1 is 0.306 bits per heavy atom. The van der Waals surface area contributed by atoms with Crippen LogP contribution >= 0.6 is 11.3 Å². The van der Waals surface area contributed by atoms with Crippen molar-refractivity contribution in [1.29, 1.82) is 0 Å². The van der Waals surface area contributed by atoms with Gasteiger partial charge >= 0.3 is 0 Å². The molecule has 0 saturated carbocycles. The first kappa shape index (κ1) is 25.9. The van der Waals surface area contributed by atoms with Gasteiger partial charge in [-0.3, -0.25) is 0 Å². The van der Waals surface area contributed by atoms with Crippen LogP contribution in [0.25, 0.3) is 108 Å². The summed E-state index contributed by atoms with van der Waals surface area (Å²) in [6.45, 7) is 0. The number of para-hydroxylation sites is 3. The first-order chi connectivity index (χ1) is 24.3. The molecule has 0 radical (unpaired) electrons. The van der Waals surface area contributed by atoms with Gasteiger partial charge < -0.3 is 8.80 Å². The summed E-state index contributed by atoms with van der Waals surface area (Å²) in [5.41, 5.74) is 12.8. The highest BCUT2D eigenvalue weighted by atomic mass is 32.1. The van der Waals surface area contributed by atoms with E-state index in [-0.39, 0.29) is 0 Å². The Morgan fingerprint density at radius 3 is 1.53 bits per heavy atom. The molecule has 0 unspecified atom stereocenters. The van der Waals surface area contributed by atoms with Gasteiger partial charge in [0.1, 0.15) is 0 Å². The molecule has 0 spiro atoms. The van der Waals surface area contributed by atoms with Crippen LogP contribution in [-0.2, 0) is 0 Å². The number of thiophene rings is 1. The fraction of sp³-hybridized carbons (Fsp3) is 0. The average Bonchev–Trinajstić information content (AvgIpc) is 3.96. The van der Waals surface area contributed by atoms with Gasteiger partial charge in [-0.05, 0) is 58.7 Å². The SMILES string of the molecule is c1ccc(-c2sc(-c3ccccc3)c3c2c2cccc4c5cc(-c6cc7c8ccccc8n8c9ccccc9c(c6)c78)ccc5n3c42)cc1. The van der Waals surface area contributed by atoms with Gasteiger partial charge in [-0.1, -0.05) is 121 Å². The van der Waals surface area contributed by atoms with Crippen molar-refractivity contribution in [2.45, 2.75) is 0 Å². The van der Waals surface area contributed by atoms with Gasteiger partial charge in [-0.15, -0.1) is 11.3 Å². The molecular formula is C46H26N2S. The minimum atomic E-state index is 1.25. The van der Waals surface area contributed by atoms with Gasteiger partial charge in [-0.25, -0.2) is 0 Å². The molecule has 0 aliphatic rings. The zero-order chi connectivity index (χ0) is 31.8. The van der Waals surface area contributed by atoms with Crippen LogP contribution in [0.4, 0.5) is 0 Å². The van der Waals surface area contributed by atoms with Crippen LogP contribution < -0.4 is 0 Å². The molecule has 0 aliphatic heterocycles. The molecule has 12 rings (SSSR count). The van der Waals surface area contributed by atoms with Crippen molar-refractivity contribution in [2.24, 2.45) is 0 Å². The Kier molecular flexibility index (Phi) is 4.89. The molecule has 2 nitrogen and oxygen atoms in total. The smallest absolute Gasteiger partial charge is 0.0734 e. The molecule has 0 aliphatic carbocycles. The predicted molar refractivity (Wildman–Crippen MR) is 210 cm³/mol. The van der Waals surface area contributed by atoms with Crippen molar-refractivity contribution in [2.75, 3.05) is 0 Å². The molecule has 0 N–H and O–H groups in total. The predicted octanol–water partition coefficient (Wildman–Crippen LogP) is 13.0. The van der Waals surface area contributed by atoms with E-state index in [0.29, 0.717) is 0 Å². The van der Waals surface area contributed by atoms with Crippen molar-refractivity contribution in [1.82, 2.24) is 8.80 Å². The van der Waals surface area contributed by atoms with E-state index in [2.05, 4.69) is 167 Å². The minimum Gasteiger partial charge on any atom is -0.308 e. The number of aromatic nitrogens is 2. The summed E-state index contributed by atoms with van der Waals surface area (Å²) in [4.78, 5) is 2.65. The molecule has 0 saturated heterocycles. The Hall–Kier alpha value is -6.16. The molecular weight excluding hydrogens is 613 g/mol. The third-order valence-electron chi connectivity index (χ3n) is 10.8. The van der Waals surface area contributed by atoms with Gasteiger partial charge in [0.25, 0.3) is 0 Å². The largest absolute Gasteiger partial charge is 0.308 e. The average molecular weight is 639 g/mol. The monoisotopic (exact) mass is 638 g/mol. The highest BCUT2D eigenvalue weighted by molar-refractivity contribution is 7.21. The Bertz CT molecular complexity index is 3170. The van der Waals surface area contributed by atoms with Crippen LogP contribution in [0.3, 0.4) is 0 Å². The molecule has 3 heteroatoms. The number of hydrogen-bond acceptors (Lipinski definition) is 1. The number of benzene rings is 7. The Labute approximate surface area is 285 Å². The summed E-state index contributed by atoms with van der Waals surface area (Å²) < 4.78 is 5.01. The number of rotatable bonds is 3. The van der Waals surface area contributed by atoms with Crippen LogP contribution in [0.5, 0.6) is 0 Å². The Morgan fingerprint density at radius 2 is 0.837 bits per heavy atom.